The Balaban J connectivity index is 1.31. The molecule has 0 bridgehead atoms. The maximum Gasteiger partial charge on any atom is 0.163 e. The molecule has 1 aliphatic carbocycles. The first-order valence-electron chi connectivity index (χ1n) is 9.77. The lowest BCUT2D eigenvalue weighted by Crippen LogP contribution is -2.12. The van der Waals surface area contributed by atoms with Crippen LogP contribution in [0.15, 0.2) is 48.9 Å². The van der Waals surface area contributed by atoms with E-state index in [0.29, 0.717) is 17.8 Å². The minimum atomic E-state index is 0.411. The van der Waals surface area contributed by atoms with E-state index in [2.05, 4.69) is 58.4 Å². The van der Waals surface area contributed by atoms with Gasteiger partial charge in [-0.2, -0.15) is 5.10 Å². The minimum absolute atomic E-state index is 0.411. The number of nitrogen functional groups attached to an aromatic ring is 1. The van der Waals surface area contributed by atoms with Gasteiger partial charge in [-0.25, -0.2) is 14.6 Å². The van der Waals surface area contributed by atoms with E-state index >= 15 is 0 Å². The molecule has 6 nitrogen and oxygen atoms in total. The van der Waals surface area contributed by atoms with Crippen molar-refractivity contribution in [3.63, 3.8) is 0 Å². The Hall–Kier alpha value is -3.15. The van der Waals surface area contributed by atoms with Gasteiger partial charge in [0.05, 0.1) is 17.7 Å². The van der Waals surface area contributed by atoms with Crippen molar-refractivity contribution in [3.8, 4) is 5.75 Å². The second-order valence-electron chi connectivity index (χ2n) is 7.79. The van der Waals surface area contributed by atoms with Crippen LogP contribution in [0.1, 0.15) is 25.3 Å². The summed E-state index contributed by atoms with van der Waals surface area (Å²) in [6.07, 6.45) is 6.99. The lowest BCUT2D eigenvalue weighted by atomic mass is 9.98. The van der Waals surface area contributed by atoms with Gasteiger partial charge in [0.25, 0.3) is 0 Å². The summed E-state index contributed by atoms with van der Waals surface area (Å²) in [5, 5.41) is 7.73. The van der Waals surface area contributed by atoms with Crippen LogP contribution in [0.5, 0.6) is 5.75 Å². The third-order valence-electron chi connectivity index (χ3n) is 5.24. The molecule has 0 amide bonds. The number of hydrogen-bond donors (Lipinski definition) is 1. The van der Waals surface area contributed by atoms with Crippen LogP contribution in [0.25, 0.3) is 21.8 Å². The van der Waals surface area contributed by atoms with Crippen LogP contribution in [0.3, 0.4) is 0 Å². The topological polar surface area (TPSA) is 78.9 Å². The normalized spacial score (nSPS) is 15.2. The van der Waals surface area contributed by atoms with E-state index in [9.17, 15) is 0 Å². The van der Waals surface area contributed by atoms with Gasteiger partial charge in [-0.1, -0.05) is 31.2 Å². The van der Waals surface area contributed by atoms with Gasteiger partial charge in [-0.3, -0.25) is 0 Å². The van der Waals surface area contributed by atoms with E-state index in [-0.39, 0.29) is 0 Å². The molecule has 1 saturated carbocycles. The molecule has 4 aromatic rings. The predicted molar refractivity (Wildman–Crippen MR) is 110 cm³/mol. The molecule has 2 aromatic carbocycles. The summed E-state index contributed by atoms with van der Waals surface area (Å²) in [5.74, 6) is 1.86. The van der Waals surface area contributed by atoms with Gasteiger partial charge in [-0.15, -0.1) is 0 Å². The molecule has 1 aliphatic rings. The molecular formula is C22H23N5O. The predicted octanol–water partition coefficient (Wildman–Crippen LogP) is 3.98. The number of ether oxygens (including phenoxy) is 1. The molecule has 1 fully saturated rings. The van der Waals surface area contributed by atoms with Gasteiger partial charge in [0.2, 0.25) is 0 Å². The van der Waals surface area contributed by atoms with Crippen LogP contribution in [-0.2, 0) is 13.0 Å². The fourth-order valence-electron chi connectivity index (χ4n) is 3.66. The summed E-state index contributed by atoms with van der Waals surface area (Å²) in [7, 11) is 0. The highest BCUT2D eigenvalue weighted by atomic mass is 16.5. The summed E-state index contributed by atoms with van der Waals surface area (Å²) in [5.41, 5.74) is 8.02. The molecule has 0 radical (unpaired) electrons. The van der Waals surface area contributed by atoms with Crippen molar-refractivity contribution >= 4 is 27.6 Å². The van der Waals surface area contributed by atoms with Gasteiger partial charge in [0.1, 0.15) is 17.9 Å². The van der Waals surface area contributed by atoms with Crippen molar-refractivity contribution in [1.29, 1.82) is 0 Å². The Morgan fingerprint density at radius 3 is 2.82 bits per heavy atom. The van der Waals surface area contributed by atoms with Crippen molar-refractivity contribution in [3.05, 3.63) is 54.5 Å². The van der Waals surface area contributed by atoms with E-state index in [4.69, 9.17) is 10.5 Å². The zero-order valence-electron chi connectivity index (χ0n) is 15.9. The number of anilines is 1. The molecule has 142 valence electrons. The average Bonchev–Trinajstić information content (AvgIpc) is 3.41. The van der Waals surface area contributed by atoms with Crippen LogP contribution in [0.2, 0.25) is 0 Å². The summed E-state index contributed by atoms with van der Waals surface area (Å²) in [4.78, 5) is 8.36. The molecule has 1 unspecified atom stereocenters. The molecule has 5 rings (SSSR count). The standard InChI is InChI=1S/C22H23N5O/c1-14(12-27-22-20(11-26-27)21(23)24-13-25-22)8-15-2-3-17-10-19(28-18-6-7-18)5-4-16(17)9-15/h2-5,9-11,13-14,18H,6-8,12H2,1H3,(H2,23,24,25). The van der Waals surface area contributed by atoms with Crippen molar-refractivity contribution in [2.45, 2.75) is 38.8 Å². The highest BCUT2D eigenvalue weighted by molar-refractivity contribution is 5.85. The molecule has 0 spiro atoms. The third kappa shape index (κ3) is 3.38. The monoisotopic (exact) mass is 373 g/mol. The number of rotatable bonds is 6. The number of nitrogens with zero attached hydrogens (tertiary/aromatic N) is 4. The Kier molecular flexibility index (Phi) is 4.11. The molecule has 2 heterocycles. The van der Waals surface area contributed by atoms with Gasteiger partial charge >= 0.3 is 0 Å². The Labute approximate surface area is 163 Å². The van der Waals surface area contributed by atoms with Crippen LogP contribution >= 0.6 is 0 Å². The maximum absolute atomic E-state index is 5.90. The second-order valence-corrected chi connectivity index (χ2v) is 7.79. The molecular weight excluding hydrogens is 350 g/mol. The van der Waals surface area contributed by atoms with Gasteiger partial charge in [0.15, 0.2) is 5.65 Å². The van der Waals surface area contributed by atoms with Crippen molar-refractivity contribution < 1.29 is 4.74 Å². The number of nitrogens with two attached hydrogens (primary N) is 1. The lowest BCUT2D eigenvalue weighted by Gasteiger charge is -2.13. The summed E-state index contributed by atoms with van der Waals surface area (Å²) in [6, 6.07) is 13.0. The van der Waals surface area contributed by atoms with E-state index in [0.717, 1.165) is 29.7 Å². The first-order chi connectivity index (χ1) is 13.7. The molecule has 2 N–H and O–H groups in total. The smallest absolute Gasteiger partial charge is 0.163 e. The molecule has 28 heavy (non-hydrogen) atoms. The third-order valence-corrected chi connectivity index (χ3v) is 5.24. The average molecular weight is 373 g/mol. The van der Waals surface area contributed by atoms with E-state index in [1.54, 1.807) is 6.20 Å². The van der Waals surface area contributed by atoms with Gasteiger partial charge in [-0.05, 0) is 53.6 Å². The first-order valence-corrected chi connectivity index (χ1v) is 9.77. The lowest BCUT2D eigenvalue weighted by molar-refractivity contribution is 0.303. The van der Waals surface area contributed by atoms with Crippen molar-refractivity contribution in [2.24, 2.45) is 5.92 Å². The van der Waals surface area contributed by atoms with Gasteiger partial charge < -0.3 is 10.5 Å². The number of benzene rings is 2. The number of fused-ring (bicyclic) bond motifs is 2. The van der Waals surface area contributed by atoms with Gasteiger partial charge in [0, 0.05) is 6.54 Å². The summed E-state index contributed by atoms with van der Waals surface area (Å²) in [6.45, 7) is 3.01. The fraction of sp³-hybridized carbons (Fsp3) is 0.318. The SMILES string of the molecule is CC(Cc1ccc2cc(OC3CC3)ccc2c1)Cn1ncc2c(N)ncnc21. The summed E-state index contributed by atoms with van der Waals surface area (Å²) >= 11 is 0. The maximum atomic E-state index is 5.90. The van der Waals surface area contributed by atoms with E-state index < -0.39 is 0 Å². The zero-order chi connectivity index (χ0) is 19.1. The van der Waals surface area contributed by atoms with Crippen LogP contribution in [0.4, 0.5) is 5.82 Å². The molecule has 0 aliphatic heterocycles. The second kappa shape index (κ2) is 6.78. The van der Waals surface area contributed by atoms with Crippen LogP contribution in [-0.4, -0.2) is 25.9 Å². The minimum Gasteiger partial charge on any atom is -0.490 e. The fourth-order valence-corrected chi connectivity index (χ4v) is 3.66. The van der Waals surface area contributed by atoms with E-state index in [1.807, 2.05) is 4.68 Å². The Morgan fingerprint density at radius 2 is 1.96 bits per heavy atom. The highest BCUT2D eigenvalue weighted by Crippen LogP contribution is 2.29. The molecule has 2 aromatic heterocycles. The van der Waals surface area contributed by atoms with Crippen LogP contribution in [0, 0.1) is 5.92 Å². The number of aromatic nitrogens is 4. The largest absolute Gasteiger partial charge is 0.490 e. The van der Waals surface area contributed by atoms with Crippen LogP contribution < -0.4 is 10.5 Å². The summed E-state index contributed by atoms with van der Waals surface area (Å²) < 4.78 is 7.82. The van der Waals surface area contributed by atoms with Crippen molar-refractivity contribution in [1.82, 2.24) is 19.7 Å². The Morgan fingerprint density at radius 1 is 1.14 bits per heavy atom. The van der Waals surface area contributed by atoms with E-state index in [1.165, 1.54) is 35.5 Å². The molecule has 0 saturated heterocycles. The quantitative estimate of drug-likeness (QED) is 0.553. The highest BCUT2D eigenvalue weighted by Gasteiger charge is 2.23. The molecule has 1 atom stereocenters. The zero-order valence-corrected chi connectivity index (χ0v) is 15.9. The Bertz CT molecular complexity index is 1150. The van der Waals surface area contributed by atoms with Crippen molar-refractivity contribution in [2.75, 3.05) is 5.73 Å². The molecule has 6 heteroatoms. The first kappa shape index (κ1) is 17.0. The number of hydrogen-bond acceptors (Lipinski definition) is 5.